The number of hydrogen-bond acceptors (Lipinski definition) is 6. The Bertz CT molecular complexity index is 639. The van der Waals surface area contributed by atoms with Gasteiger partial charge in [-0.1, -0.05) is 0 Å². The molecule has 2 N–H and O–H groups in total. The van der Waals surface area contributed by atoms with Gasteiger partial charge in [0.15, 0.2) is 0 Å². The van der Waals surface area contributed by atoms with Gasteiger partial charge in [0.05, 0.1) is 11.0 Å². The number of hydrogen-bond donors (Lipinski definition) is 2. The Balaban J connectivity index is 2.27. The zero-order chi connectivity index (χ0) is 15.4. The molecule has 0 aliphatic carbocycles. The molecular formula is C14H18N4O3. The van der Waals surface area contributed by atoms with Crippen molar-refractivity contribution in [3.8, 4) is 0 Å². The van der Waals surface area contributed by atoms with Crippen LogP contribution in [0.3, 0.4) is 0 Å². The molecule has 1 unspecified atom stereocenters. The summed E-state index contributed by atoms with van der Waals surface area (Å²) in [6.07, 6.45) is 0. The molecule has 7 nitrogen and oxygen atoms in total. The lowest BCUT2D eigenvalue weighted by Gasteiger charge is -2.13. The second-order valence-electron chi connectivity index (χ2n) is 4.67. The van der Waals surface area contributed by atoms with Gasteiger partial charge in [0.2, 0.25) is 5.82 Å². The molecule has 0 saturated carbocycles. The highest BCUT2D eigenvalue weighted by atomic mass is 16.6. The van der Waals surface area contributed by atoms with Gasteiger partial charge in [-0.2, -0.15) is 0 Å². The smallest absolute Gasteiger partial charge is 0.311 e. The molecule has 0 aliphatic rings. The summed E-state index contributed by atoms with van der Waals surface area (Å²) in [6.45, 7) is 6.34. The fourth-order valence-electron chi connectivity index (χ4n) is 1.95. The molecule has 0 spiro atoms. The molecule has 0 bridgehead atoms. The van der Waals surface area contributed by atoms with Crippen molar-refractivity contribution >= 4 is 17.3 Å². The molecule has 0 saturated heterocycles. The predicted molar refractivity (Wildman–Crippen MR) is 80.5 cm³/mol. The first-order valence-corrected chi connectivity index (χ1v) is 6.73. The second-order valence-corrected chi connectivity index (χ2v) is 4.67. The number of pyridine rings is 1. The molecule has 0 fully saturated rings. The van der Waals surface area contributed by atoms with Crippen molar-refractivity contribution in [1.29, 1.82) is 0 Å². The summed E-state index contributed by atoms with van der Waals surface area (Å²) < 4.78 is 5.52. The van der Waals surface area contributed by atoms with Crippen molar-refractivity contribution in [3.63, 3.8) is 0 Å². The Hall–Kier alpha value is -2.57. The lowest BCUT2D eigenvalue weighted by atomic mass is 10.2. The summed E-state index contributed by atoms with van der Waals surface area (Å²) in [6, 6.07) is 6.50. The van der Waals surface area contributed by atoms with Gasteiger partial charge in [-0.3, -0.25) is 10.1 Å². The van der Waals surface area contributed by atoms with Crippen molar-refractivity contribution in [1.82, 2.24) is 4.98 Å². The zero-order valence-corrected chi connectivity index (χ0v) is 12.2. The molecule has 21 heavy (non-hydrogen) atoms. The number of furan rings is 1. The standard InChI is InChI=1S/C14H18N4O3/c1-4-15-13-8-6-11(18(19)20)14(17-13)16-10(3)12-7-5-9(2)21-12/h5-8,10H,4H2,1-3H3,(H2,15,16,17). The first kappa shape index (κ1) is 14.8. The van der Waals surface area contributed by atoms with Crippen LogP contribution in [0.5, 0.6) is 0 Å². The van der Waals surface area contributed by atoms with E-state index in [-0.39, 0.29) is 17.5 Å². The average Bonchev–Trinajstić information content (AvgIpc) is 2.86. The molecule has 0 aliphatic heterocycles. The maximum Gasteiger partial charge on any atom is 0.311 e. The predicted octanol–water partition coefficient (Wildman–Crippen LogP) is 3.50. The van der Waals surface area contributed by atoms with Crippen LogP contribution in [0.4, 0.5) is 17.3 Å². The highest BCUT2D eigenvalue weighted by Gasteiger charge is 2.19. The minimum absolute atomic E-state index is 0.0632. The van der Waals surface area contributed by atoms with E-state index >= 15 is 0 Å². The number of rotatable bonds is 6. The summed E-state index contributed by atoms with van der Waals surface area (Å²) in [5.74, 6) is 2.31. The molecule has 0 radical (unpaired) electrons. The van der Waals surface area contributed by atoms with Crippen molar-refractivity contribution in [2.75, 3.05) is 17.2 Å². The molecule has 1 atom stereocenters. The molecule has 0 aromatic carbocycles. The average molecular weight is 290 g/mol. The van der Waals surface area contributed by atoms with Crippen LogP contribution in [0.15, 0.2) is 28.7 Å². The minimum Gasteiger partial charge on any atom is -0.464 e. The van der Waals surface area contributed by atoms with Crippen molar-refractivity contribution in [2.45, 2.75) is 26.8 Å². The van der Waals surface area contributed by atoms with Gasteiger partial charge in [-0.05, 0) is 39.0 Å². The van der Waals surface area contributed by atoms with Crippen molar-refractivity contribution in [2.24, 2.45) is 0 Å². The number of aryl methyl sites for hydroxylation is 1. The second kappa shape index (κ2) is 6.25. The highest BCUT2D eigenvalue weighted by Crippen LogP contribution is 2.28. The summed E-state index contributed by atoms with van der Waals surface area (Å²) in [7, 11) is 0. The van der Waals surface area contributed by atoms with E-state index in [0.29, 0.717) is 18.1 Å². The SMILES string of the molecule is CCNc1ccc([N+](=O)[O-])c(NC(C)c2ccc(C)o2)n1. The summed E-state index contributed by atoms with van der Waals surface area (Å²) >= 11 is 0. The molecule has 2 aromatic rings. The Morgan fingerprint density at radius 1 is 1.38 bits per heavy atom. The van der Waals surface area contributed by atoms with E-state index in [1.54, 1.807) is 6.07 Å². The Kier molecular flexibility index (Phi) is 4.42. The van der Waals surface area contributed by atoms with Gasteiger partial charge in [-0.15, -0.1) is 0 Å². The number of aromatic nitrogens is 1. The molecule has 7 heteroatoms. The van der Waals surface area contributed by atoms with E-state index in [9.17, 15) is 10.1 Å². The fourth-order valence-corrected chi connectivity index (χ4v) is 1.95. The van der Waals surface area contributed by atoms with E-state index in [1.165, 1.54) is 6.07 Å². The Labute approximate surface area is 122 Å². The first-order chi connectivity index (χ1) is 10.0. The van der Waals surface area contributed by atoms with Crippen molar-refractivity contribution < 1.29 is 9.34 Å². The number of anilines is 2. The van der Waals surface area contributed by atoms with Crippen LogP contribution in [0, 0.1) is 17.0 Å². The summed E-state index contributed by atoms with van der Waals surface area (Å²) in [5.41, 5.74) is -0.0632. The fraction of sp³-hybridized carbons (Fsp3) is 0.357. The summed E-state index contributed by atoms with van der Waals surface area (Å²) in [5, 5.41) is 17.2. The third kappa shape index (κ3) is 3.50. The first-order valence-electron chi connectivity index (χ1n) is 6.73. The monoisotopic (exact) mass is 290 g/mol. The zero-order valence-electron chi connectivity index (χ0n) is 12.2. The van der Waals surface area contributed by atoms with Gasteiger partial charge in [-0.25, -0.2) is 4.98 Å². The Morgan fingerprint density at radius 2 is 2.14 bits per heavy atom. The van der Waals surface area contributed by atoms with Gasteiger partial charge >= 0.3 is 5.69 Å². The topological polar surface area (TPSA) is 93.2 Å². The van der Waals surface area contributed by atoms with Crippen molar-refractivity contribution in [3.05, 3.63) is 45.9 Å². The lowest BCUT2D eigenvalue weighted by molar-refractivity contribution is -0.384. The largest absolute Gasteiger partial charge is 0.464 e. The number of nitro groups is 1. The Morgan fingerprint density at radius 3 is 2.71 bits per heavy atom. The third-order valence-corrected chi connectivity index (χ3v) is 2.97. The number of nitrogens with zero attached hydrogens (tertiary/aromatic N) is 2. The van der Waals surface area contributed by atoms with E-state index in [0.717, 1.165) is 5.76 Å². The van der Waals surface area contributed by atoms with Gasteiger partial charge in [0, 0.05) is 12.6 Å². The van der Waals surface area contributed by atoms with E-state index < -0.39 is 4.92 Å². The van der Waals surface area contributed by atoms with E-state index in [2.05, 4.69) is 15.6 Å². The van der Waals surface area contributed by atoms with Crippen LogP contribution in [-0.2, 0) is 0 Å². The number of nitrogens with one attached hydrogen (secondary N) is 2. The third-order valence-electron chi connectivity index (χ3n) is 2.97. The molecule has 2 aromatic heterocycles. The van der Waals surface area contributed by atoms with E-state index in [4.69, 9.17) is 4.42 Å². The highest BCUT2D eigenvalue weighted by molar-refractivity contribution is 5.60. The molecule has 2 rings (SSSR count). The summed E-state index contributed by atoms with van der Waals surface area (Å²) in [4.78, 5) is 14.9. The molecule has 0 amide bonds. The van der Waals surface area contributed by atoms with E-state index in [1.807, 2.05) is 32.9 Å². The van der Waals surface area contributed by atoms with Gasteiger partial charge in [0.1, 0.15) is 17.3 Å². The maximum atomic E-state index is 11.1. The normalized spacial score (nSPS) is 12.0. The van der Waals surface area contributed by atoms with Crippen LogP contribution in [0.1, 0.15) is 31.4 Å². The van der Waals surface area contributed by atoms with Gasteiger partial charge in [0.25, 0.3) is 0 Å². The van der Waals surface area contributed by atoms with Crippen LogP contribution >= 0.6 is 0 Å². The lowest BCUT2D eigenvalue weighted by Crippen LogP contribution is -2.10. The van der Waals surface area contributed by atoms with Crippen LogP contribution in [0.2, 0.25) is 0 Å². The van der Waals surface area contributed by atoms with Crippen LogP contribution in [0.25, 0.3) is 0 Å². The minimum atomic E-state index is -0.453. The molecule has 2 heterocycles. The molecule has 112 valence electrons. The molecular weight excluding hydrogens is 272 g/mol. The van der Waals surface area contributed by atoms with Crippen LogP contribution < -0.4 is 10.6 Å². The van der Waals surface area contributed by atoms with Crippen LogP contribution in [-0.4, -0.2) is 16.5 Å². The quantitative estimate of drug-likeness (QED) is 0.624. The maximum absolute atomic E-state index is 11.1. The van der Waals surface area contributed by atoms with Gasteiger partial charge < -0.3 is 15.1 Å².